The molecule has 36 heavy (non-hydrogen) atoms. The topological polar surface area (TPSA) is 153 Å². The Morgan fingerprint density at radius 2 is 1.44 bits per heavy atom. The highest BCUT2D eigenvalue weighted by molar-refractivity contribution is 7.92. The summed E-state index contributed by atoms with van der Waals surface area (Å²) in [5, 5.41) is 10.4. The second-order valence-corrected chi connectivity index (χ2v) is 9.51. The highest BCUT2D eigenvalue weighted by Crippen LogP contribution is 2.38. The molecule has 0 saturated carbocycles. The van der Waals surface area contributed by atoms with E-state index in [9.17, 15) is 27.5 Å². The molecule has 0 heterocycles. The molecule has 0 spiro atoms. The lowest BCUT2D eigenvalue weighted by Gasteiger charge is -2.16. The quantitative estimate of drug-likeness (QED) is 0.281. The molecule has 4 rings (SSSR count). The molecular formula is C26H20FN3O5S. The zero-order valence-corrected chi connectivity index (χ0v) is 19.4. The molecule has 10 heteroatoms. The van der Waals surface area contributed by atoms with E-state index in [4.69, 9.17) is 11.5 Å². The SMILES string of the molecule is NC(=O)c1ccc(-c2cccc(C(N)=O)c2-c2ccc(O)c(NS(=O)(=O)c3ccc(F)cc3)c2)cc1. The fraction of sp³-hybridized carbons (Fsp3) is 0. The average Bonchev–Trinajstić information content (AvgIpc) is 2.85. The molecule has 0 aliphatic carbocycles. The number of halogens is 1. The Labute approximate surface area is 206 Å². The van der Waals surface area contributed by atoms with Crippen molar-refractivity contribution in [2.45, 2.75) is 4.90 Å². The molecule has 182 valence electrons. The van der Waals surface area contributed by atoms with Crippen LogP contribution in [0.4, 0.5) is 10.1 Å². The van der Waals surface area contributed by atoms with Crippen molar-refractivity contribution in [2.75, 3.05) is 4.72 Å². The van der Waals surface area contributed by atoms with Crippen molar-refractivity contribution in [1.82, 2.24) is 0 Å². The number of phenols is 1. The van der Waals surface area contributed by atoms with E-state index in [2.05, 4.69) is 4.72 Å². The predicted octanol–water partition coefficient (Wildman–Crippen LogP) is 3.86. The lowest BCUT2D eigenvalue weighted by Crippen LogP contribution is -2.14. The molecule has 0 radical (unpaired) electrons. The first-order valence-electron chi connectivity index (χ1n) is 10.5. The Morgan fingerprint density at radius 1 is 0.806 bits per heavy atom. The number of rotatable bonds is 7. The number of phenolic OH excluding ortho intramolecular Hbond substituents is 1. The molecule has 0 bridgehead atoms. The van der Waals surface area contributed by atoms with Gasteiger partial charge in [0.05, 0.1) is 10.6 Å². The van der Waals surface area contributed by atoms with Crippen LogP contribution in [0, 0.1) is 5.82 Å². The van der Waals surface area contributed by atoms with Crippen molar-refractivity contribution >= 4 is 27.5 Å². The van der Waals surface area contributed by atoms with Crippen LogP contribution in [0.1, 0.15) is 20.7 Å². The summed E-state index contributed by atoms with van der Waals surface area (Å²) in [6.45, 7) is 0. The van der Waals surface area contributed by atoms with E-state index in [1.807, 2.05) is 0 Å². The third kappa shape index (κ3) is 4.89. The fourth-order valence-electron chi connectivity index (χ4n) is 3.71. The summed E-state index contributed by atoms with van der Waals surface area (Å²) in [6.07, 6.45) is 0. The first-order valence-corrected chi connectivity index (χ1v) is 12.0. The maximum absolute atomic E-state index is 13.2. The molecule has 0 aromatic heterocycles. The molecule has 0 aliphatic rings. The summed E-state index contributed by atoms with van der Waals surface area (Å²) in [7, 11) is -4.17. The van der Waals surface area contributed by atoms with E-state index in [1.54, 1.807) is 24.3 Å². The summed E-state index contributed by atoms with van der Waals surface area (Å²) in [4.78, 5) is 23.5. The molecule has 0 aliphatic heterocycles. The van der Waals surface area contributed by atoms with Gasteiger partial charge in [-0.25, -0.2) is 12.8 Å². The largest absolute Gasteiger partial charge is 0.506 e. The zero-order chi connectivity index (χ0) is 26.0. The van der Waals surface area contributed by atoms with Crippen LogP contribution in [-0.4, -0.2) is 25.3 Å². The number of primary amides is 2. The van der Waals surface area contributed by atoms with Crippen molar-refractivity contribution in [3.8, 4) is 28.0 Å². The van der Waals surface area contributed by atoms with Crippen LogP contribution < -0.4 is 16.2 Å². The predicted molar refractivity (Wildman–Crippen MR) is 133 cm³/mol. The van der Waals surface area contributed by atoms with Gasteiger partial charge in [-0.05, 0) is 71.3 Å². The van der Waals surface area contributed by atoms with Gasteiger partial charge < -0.3 is 16.6 Å². The summed E-state index contributed by atoms with van der Waals surface area (Å²) < 4.78 is 41.1. The van der Waals surface area contributed by atoms with Gasteiger partial charge in [0.1, 0.15) is 11.6 Å². The number of carbonyl (C=O) groups excluding carboxylic acids is 2. The number of nitrogens with two attached hydrogens (primary N) is 2. The highest BCUT2D eigenvalue weighted by atomic mass is 32.2. The smallest absolute Gasteiger partial charge is 0.262 e. The van der Waals surface area contributed by atoms with Gasteiger partial charge in [0.25, 0.3) is 10.0 Å². The summed E-state index contributed by atoms with van der Waals surface area (Å²) in [6, 6.07) is 19.6. The van der Waals surface area contributed by atoms with Crippen LogP contribution in [0.15, 0.2) is 89.8 Å². The van der Waals surface area contributed by atoms with E-state index < -0.39 is 27.7 Å². The molecular weight excluding hydrogens is 485 g/mol. The third-order valence-corrected chi connectivity index (χ3v) is 6.85. The Morgan fingerprint density at radius 3 is 2.06 bits per heavy atom. The van der Waals surface area contributed by atoms with E-state index in [1.165, 1.54) is 36.4 Å². The van der Waals surface area contributed by atoms with Gasteiger partial charge in [-0.15, -0.1) is 0 Å². The molecule has 0 atom stereocenters. The molecule has 0 saturated heterocycles. The maximum Gasteiger partial charge on any atom is 0.262 e. The number of nitrogens with one attached hydrogen (secondary N) is 1. The minimum Gasteiger partial charge on any atom is -0.506 e. The zero-order valence-electron chi connectivity index (χ0n) is 18.6. The normalized spacial score (nSPS) is 11.1. The lowest BCUT2D eigenvalue weighted by molar-refractivity contribution is 0.0992. The Bertz CT molecular complexity index is 1590. The number of amides is 2. The van der Waals surface area contributed by atoms with Crippen LogP contribution in [0.2, 0.25) is 0 Å². The summed E-state index contributed by atoms with van der Waals surface area (Å²) in [5.41, 5.74) is 13.2. The summed E-state index contributed by atoms with van der Waals surface area (Å²) in [5.74, 6) is -2.28. The molecule has 4 aromatic carbocycles. The summed E-state index contributed by atoms with van der Waals surface area (Å²) >= 11 is 0. The van der Waals surface area contributed by atoms with Gasteiger partial charge in [-0.1, -0.05) is 30.3 Å². The number of anilines is 1. The van der Waals surface area contributed by atoms with Gasteiger partial charge in [-0.2, -0.15) is 0 Å². The highest BCUT2D eigenvalue weighted by Gasteiger charge is 2.20. The van der Waals surface area contributed by atoms with Crippen molar-refractivity contribution in [3.05, 3.63) is 102 Å². The van der Waals surface area contributed by atoms with Crippen LogP contribution in [0.3, 0.4) is 0 Å². The minimum absolute atomic E-state index is 0.157. The van der Waals surface area contributed by atoms with Gasteiger partial charge in [-0.3, -0.25) is 14.3 Å². The molecule has 6 N–H and O–H groups in total. The molecule has 0 fully saturated rings. The number of hydrogen-bond acceptors (Lipinski definition) is 5. The monoisotopic (exact) mass is 505 g/mol. The van der Waals surface area contributed by atoms with Gasteiger partial charge in [0.2, 0.25) is 11.8 Å². The van der Waals surface area contributed by atoms with Gasteiger partial charge in [0.15, 0.2) is 0 Å². The molecule has 4 aromatic rings. The van der Waals surface area contributed by atoms with Gasteiger partial charge >= 0.3 is 0 Å². The van der Waals surface area contributed by atoms with Crippen LogP contribution in [0.5, 0.6) is 5.75 Å². The number of aromatic hydroxyl groups is 1. The molecule has 2 amide bonds. The number of benzene rings is 4. The van der Waals surface area contributed by atoms with Crippen molar-refractivity contribution in [3.63, 3.8) is 0 Å². The van der Waals surface area contributed by atoms with Crippen LogP contribution in [-0.2, 0) is 10.0 Å². The first-order chi connectivity index (χ1) is 17.1. The fourth-order valence-corrected chi connectivity index (χ4v) is 4.78. The second kappa shape index (κ2) is 9.51. The minimum atomic E-state index is -4.17. The van der Waals surface area contributed by atoms with Crippen molar-refractivity contribution < 1.29 is 27.5 Å². The average molecular weight is 506 g/mol. The maximum atomic E-state index is 13.2. The van der Waals surface area contributed by atoms with E-state index in [0.717, 1.165) is 24.3 Å². The number of carbonyl (C=O) groups is 2. The van der Waals surface area contributed by atoms with E-state index in [0.29, 0.717) is 27.8 Å². The van der Waals surface area contributed by atoms with Crippen molar-refractivity contribution in [1.29, 1.82) is 0 Å². The van der Waals surface area contributed by atoms with E-state index >= 15 is 0 Å². The first kappa shape index (κ1) is 24.4. The van der Waals surface area contributed by atoms with Crippen LogP contribution >= 0.6 is 0 Å². The van der Waals surface area contributed by atoms with Gasteiger partial charge in [0, 0.05) is 16.7 Å². The Hall–Kier alpha value is -4.70. The second-order valence-electron chi connectivity index (χ2n) is 7.83. The number of sulfonamides is 1. The standard InChI is InChI=1S/C26H20FN3O5S/c27-18-9-11-19(12-10-18)36(34,35)30-22-14-17(8-13-23(22)31)24-20(2-1-3-21(24)26(29)33)15-4-6-16(7-5-15)25(28)32/h1-14,30-31H,(H2,28,32)(H2,29,33). The lowest BCUT2D eigenvalue weighted by atomic mass is 9.89. The van der Waals surface area contributed by atoms with Crippen molar-refractivity contribution in [2.24, 2.45) is 11.5 Å². The van der Waals surface area contributed by atoms with Crippen LogP contribution in [0.25, 0.3) is 22.3 Å². The molecule has 0 unspecified atom stereocenters. The third-order valence-electron chi connectivity index (χ3n) is 5.46. The van der Waals surface area contributed by atoms with E-state index in [-0.39, 0.29) is 21.9 Å². The Balaban J connectivity index is 1.84. The molecule has 8 nitrogen and oxygen atoms in total. The number of hydrogen-bond donors (Lipinski definition) is 4. The Kier molecular flexibility index (Phi) is 6.45.